The summed E-state index contributed by atoms with van der Waals surface area (Å²) in [5.41, 5.74) is 5.68. The van der Waals surface area contributed by atoms with Gasteiger partial charge in [-0.05, 0) is 42.6 Å². The van der Waals surface area contributed by atoms with Crippen LogP contribution in [0.15, 0.2) is 0 Å². The van der Waals surface area contributed by atoms with Gasteiger partial charge in [-0.25, -0.2) is 0 Å². The molecule has 0 radical (unpaired) electrons. The van der Waals surface area contributed by atoms with Crippen LogP contribution in [0.25, 0.3) is 0 Å². The van der Waals surface area contributed by atoms with Crippen LogP contribution in [0.5, 0.6) is 0 Å². The molecule has 3 saturated carbocycles. The SMILES string of the molecule is CCC1CCC1.NC[C@@]1(CC(=O)O)CC2CCCC21. The highest BCUT2D eigenvalue weighted by Gasteiger charge is 2.55. The fourth-order valence-electron chi connectivity index (χ4n) is 4.31. The van der Waals surface area contributed by atoms with Crippen LogP contribution >= 0.6 is 0 Å². The molecule has 3 nitrogen and oxygen atoms in total. The maximum Gasteiger partial charge on any atom is 0.303 e. The number of carboxylic acid groups (broad SMARTS) is 1. The number of hydrogen-bond acceptors (Lipinski definition) is 2. The van der Waals surface area contributed by atoms with Gasteiger partial charge in [0.25, 0.3) is 0 Å². The molecular weight excluding hydrogens is 238 g/mol. The van der Waals surface area contributed by atoms with Crippen LogP contribution in [0.1, 0.15) is 64.7 Å². The molecule has 0 spiro atoms. The minimum absolute atomic E-state index is 0.0347. The quantitative estimate of drug-likeness (QED) is 0.820. The molecule has 2 unspecified atom stereocenters. The first-order chi connectivity index (χ1) is 9.11. The maximum atomic E-state index is 10.7. The van der Waals surface area contributed by atoms with Gasteiger partial charge < -0.3 is 10.8 Å². The van der Waals surface area contributed by atoms with E-state index in [4.69, 9.17) is 10.8 Å². The number of rotatable bonds is 4. The van der Waals surface area contributed by atoms with Gasteiger partial charge in [0.05, 0.1) is 6.42 Å². The molecule has 3 fully saturated rings. The Labute approximate surface area is 116 Å². The highest BCUT2D eigenvalue weighted by molar-refractivity contribution is 5.68. The second-order valence-electron chi connectivity index (χ2n) is 6.84. The second kappa shape index (κ2) is 6.25. The minimum Gasteiger partial charge on any atom is -0.481 e. The number of aliphatic carboxylic acids is 1. The molecule has 0 aromatic carbocycles. The summed E-state index contributed by atoms with van der Waals surface area (Å²) in [6.07, 6.45) is 11.1. The fraction of sp³-hybridized carbons (Fsp3) is 0.938. The second-order valence-corrected chi connectivity index (χ2v) is 6.84. The van der Waals surface area contributed by atoms with E-state index in [2.05, 4.69) is 6.92 Å². The van der Waals surface area contributed by atoms with Gasteiger partial charge in [0.15, 0.2) is 0 Å². The van der Waals surface area contributed by atoms with Crippen LogP contribution in [0, 0.1) is 23.2 Å². The Morgan fingerprint density at radius 3 is 2.32 bits per heavy atom. The molecular formula is C16H29NO2. The summed E-state index contributed by atoms with van der Waals surface area (Å²) in [6.45, 7) is 2.84. The smallest absolute Gasteiger partial charge is 0.303 e. The zero-order chi connectivity index (χ0) is 13.9. The van der Waals surface area contributed by atoms with Gasteiger partial charge in [0.2, 0.25) is 0 Å². The molecule has 3 aliphatic rings. The molecule has 3 rings (SSSR count). The van der Waals surface area contributed by atoms with E-state index in [-0.39, 0.29) is 11.8 Å². The fourth-order valence-corrected chi connectivity index (χ4v) is 4.31. The van der Waals surface area contributed by atoms with Gasteiger partial charge in [0.1, 0.15) is 0 Å². The zero-order valence-corrected chi connectivity index (χ0v) is 12.2. The minimum atomic E-state index is -0.684. The van der Waals surface area contributed by atoms with Crippen molar-refractivity contribution in [2.75, 3.05) is 6.54 Å². The molecule has 0 heterocycles. The van der Waals surface area contributed by atoms with Gasteiger partial charge >= 0.3 is 5.97 Å². The molecule has 0 aromatic rings. The van der Waals surface area contributed by atoms with Gasteiger partial charge in [-0.2, -0.15) is 0 Å². The normalized spacial score (nSPS) is 36.5. The Kier molecular flexibility index (Phi) is 4.88. The molecule has 110 valence electrons. The van der Waals surface area contributed by atoms with Crippen molar-refractivity contribution in [2.24, 2.45) is 28.9 Å². The van der Waals surface area contributed by atoms with Crippen molar-refractivity contribution in [3.8, 4) is 0 Å². The predicted octanol–water partition coefficient (Wildman–Crippen LogP) is 3.42. The van der Waals surface area contributed by atoms with Crippen molar-refractivity contribution < 1.29 is 9.90 Å². The van der Waals surface area contributed by atoms with E-state index in [1.165, 1.54) is 44.9 Å². The average molecular weight is 267 g/mol. The number of fused-ring (bicyclic) bond motifs is 1. The summed E-state index contributed by atoms with van der Waals surface area (Å²) in [5, 5.41) is 8.81. The molecule has 0 aliphatic heterocycles. The number of hydrogen-bond donors (Lipinski definition) is 2. The molecule has 3 aliphatic carbocycles. The summed E-state index contributed by atoms with van der Waals surface area (Å²) in [7, 11) is 0. The van der Waals surface area contributed by atoms with Crippen LogP contribution in [0.4, 0.5) is 0 Å². The first-order valence-corrected chi connectivity index (χ1v) is 8.03. The summed E-state index contributed by atoms with van der Waals surface area (Å²) in [4.78, 5) is 10.7. The standard InChI is InChI=1S/C10H17NO2.C6H12/c11-6-10(5-9(12)13)4-7-2-1-3-8(7)10;1-2-6-4-3-5-6/h7-8H,1-6,11H2,(H,12,13);6H,2-5H2,1H3/t7?,8?,10-;/m0./s1. The van der Waals surface area contributed by atoms with Crippen molar-refractivity contribution in [3.63, 3.8) is 0 Å². The third-order valence-electron chi connectivity index (χ3n) is 5.83. The zero-order valence-electron chi connectivity index (χ0n) is 12.2. The summed E-state index contributed by atoms with van der Waals surface area (Å²) < 4.78 is 0. The highest BCUT2D eigenvalue weighted by atomic mass is 16.4. The Morgan fingerprint density at radius 2 is 1.95 bits per heavy atom. The van der Waals surface area contributed by atoms with Gasteiger partial charge in [-0.15, -0.1) is 0 Å². The van der Waals surface area contributed by atoms with E-state index in [1.54, 1.807) is 0 Å². The lowest BCUT2D eigenvalue weighted by Gasteiger charge is -2.51. The van der Waals surface area contributed by atoms with E-state index < -0.39 is 5.97 Å². The Bertz CT molecular complexity index is 311. The average Bonchev–Trinajstić information content (AvgIpc) is 2.68. The van der Waals surface area contributed by atoms with Crippen molar-refractivity contribution in [1.29, 1.82) is 0 Å². The van der Waals surface area contributed by atoms with E-state index in [1.807, 2.05) is 0 Å². The summed E-state index contributed by atoms with van der Waals surface area (Å²) in [6, 6.07) is 0. The number of nitrogens with two attached hydrogens (primary N) is 1. The van der Waals surface area contributed by atoms with Gasteiger partial charge in [0, 0.05) is 0 Å². The van der Waals surface area contributed by atoms with Crippen molar-refractivity contribution >= 4 is 5.97 Å². The maximum absolute atomic E-state index is 10.7. The lowest BCUT2D eigenvalue weighted by atomic mass is 9.53. The molecule has 0 bridgehead atoms. The summed E-state index contributed by atoms with van der Waals surface area (Å²) >= 11 is 0. The lowest BCUT2D eigenvalue weighted by molar-refractivity contribution is -0.145. The van der Waals surface area contributed by atoms with Crippen molar-refractivity contribution in [1.82, 2.24) is 0 Å². The molecule has 3 N–H and O–H groups in total. The van der Waals surface area contributed by atoms with Crippen molar-refractivity contribution in [3.05, 3.63) is 0 Å². The lowest BCUT2D eigenvalue weighted by Crippen LogP contribution is -2.51. The van der Waals surface area contributed by atoms with E-state index in [0.29, 0.717) is 12.5 Å². The first kappa shape index (κ1) is 14.8. The predicted molar refractivity (Wildman–Crippen MR) is 76.8 cm³/mol. The van der Waals surface area contributed by atoms with Crippen LogP contribution < -0.4 is 5.73 Å². The molecule has 0 amide bonds. The van der Waals surface area contributed by atoms with Gasteiger partial charge in [-0.3, -0.25) is 4.79 Å². The number of carbonyl (C=O) groups is 1. The Hall–Kier alpha value is -0.570. The van der Waals surface area contributed by atoms with Crippen molar-refractivity contribution in [2.45, 2.75) is 64.7 Å². The molecule has 19 heavy (non-hydrogen) atoms. The molecule has 3 atom stereocenters. The van der Waals surface area contributed by atoms with Crippen LogP contribution in [-0.2, 0) is 4.79 Å². The van der Waals surface area contributed by atoms with Crippen LogP contribution in [0.3, 0.4) is 0 Å². The molecule has 0 saturated heterocycles. The monoisotopic (exact) mass is 267 g/mol. The third kappa shape index (κ3) is 3.13. The van der Waals surface area contributed by atoms with Gasteiger partial charge in [-0.1, -0.05) is 45.4 Å². The van der Waals surface area contributed by atoms with E-state index in [9.17, 15) is 4.79 Å². The van der Waals surface area contributed by atoms with E-state index >= 15 is 0 Å². The largest absolute Gasteiger partial charge is 0.481 e. The highest BCUT2D eigenvalue weighted by Crippen LogP contribution is 2.60. The Balaban J connectivity index is 0.000000186. The van der Waals surface area contributed by atoms with E-state index in [0.717, 1.165) is 18.3 Å². The third-order valence-corrected chi connectivity index (χ3v) is 5.83. The summed E-state index contributed by atoms with van der Waals surface area (Å²) in [5.74, 6) is 1.84. The van der Waals surface area contributed by atoms with Crippen LogP contribution in [-0.4, -0.2) is 17.6 Å². The topological polar surface area (TPSA) is 63.3 Å². The van der Waals surface area contributed by atoms with Crippen LogP contribution in [0.2, 0.25) is 0 Å². The Morgan fingerprint density at radius 1 is 1.26 bits per heavy atom. The molecule has 0 aromatic heterocycles. The first-order valence-electron chi connectivity index (χ1n) is 8.03. The molecule has 3 heteroatoms. The number of carboxylic acids is 1.